The minimum Gasteiger partial charge on any atom is -0.454 e. The normalized spacial score (nSPS) is 15.7. The minimum absolute atomic E-state index is 0.0935. The number of carbonyl (C=O) groups is 1. The van der Waals surface area contributed by atoms with Crippen LogP contribution in [-0.4, -0.2) is 43.1 Å². The number of ether oxygens (including phenoxy) is 2. The highest BCUT2D eigenvalue weighted by Gasteiger charge is 2.23. The molecule has 1 saturated carbocycles. The molecular weight excluding hydrogens is 414 g/mol. The highest BCUT2D eigenvalue weighted by molar-refractivity contribution is 7.99. The van der Waals surface area contributed by atoms with E-state index in [1.165, 1.54) is 24.6 Å². The van der Waals surface area contributed by atoms with Crippen molar-refractivity contribution in [3.63, 3.8) is 0 Å². The number of hydrogen-bond acceptors (Lipinski definition) is 7. The molecule has 0 saturated heterocycles. The zero-order valence-electron chi connectivity index (χ0n) is 17.7. The van der Waals surface area contributed by atoms with E-state index in [1.54, 1.807) is 0 Å². The van der Waals surface area contributed by atoms with Gasteiger partial charge < -0.3 is 14.0 Å². The van der Waals surface area contributed by atoms with Crippen molar-refractivity contribution in [2.45, 2.75) is 57.3 Å². The van der Waals surface area contributed by atoms with Crippen LogP contribution in [0, 0.1) is 13.8 Å². The topological polar surface area (TPSA) is 84.1 Å². The standard InChI is InChI=1S/C22H25N5O3S/c1-14-9-18(15(2)26(14)11-16-7-8-20-21(10-16)30-13-29-20)19(28)12-31-22-23-24-25-27(22)17-5-3-4-6-17/h7-10,17H,3-6,11-13H2,1-2H3. The van der Waals surface area contributed by atoms with Crippen molar-refractivity contribution in [3.05, 3.63) is 46.8 Å². The van der Waals surface area contributed by atoms with Crippen molar-refractivity contribution < 1.29 is 14.3 Å². The van der Waals surface area contributed by atoms with E-state index < -0.39 is 0 Å². The lowest BCUT2D eigenvalue weighted by molar-refractivity contribution is 0.102. The van der Waals surface area contributed by atoms with Crippen molar-refractivity contribution >= 4 is 17.5 Å². The smallest absolute Gasteiger partial charge is 0.231 e. The predicted octanol–water partition coefficient (Wildman–Crippen LogP) is 3.96. The van der Waals surface area contributed by atoms with E-state index in [0.29, 0.717) is 18.3 Å². The maximum Gasteiger partial charge on any atom is 0.231 e. The van der Waals surface area contributed by atoms with E-state index in [0.717, 1.165) is 52.0 Å². The fraction of sp³-hybridized carbons (Fsp3) is 0.455. The van der Waals surface area contributed by atoms with Crippen molar-refractivity contribution in [1.29, 1.82) is 0 Å². The van der Waals surface area contributed by atoms with Crippen LogP contribution in [0.25, 0.3) is 0 Å². The molecule has 2 aliphatic rings. The van der Waals surface area contributed by atoms with Gasteiger partial charge in [0.1, 0.15) is 0 Å². The molecule has 8 nitrogen and oxygen atoms in total. The number of ketones is 1. The average molecular weight is 440 g/mol. The number of aromatic nitrogens is 5. The maximum absolute atomic E-state index is 13.0. The summed E-state index contributed by atoms with van der Waals surface area (Å²) in [6.07, 6.45) is 4.63. The summed E-state index contributed by atoms with van der Waals surface area (Å²) in [5, 5.41) is 12.9. The van der Waals surface area contributed by atoms with Crippen LogP contribution in [-0.2, 0) is 6.54 Å². The van der Waals surface area contributed by atoms with Crippen LogP contribution in [0.15, 0.2) is 29.4 Å². The lowest BCUT2D eigenvalue weighted by atomic mass is 10.1. The zero-order chi connectivity index (χ0) is 21.4. The van der Waals surface area contributed by atoms with Gasteiger partial charge in [0, 0.05) is 23.5 Å². The van der Waals surface area contributed by atoms with Gasteiger partial charge in [-0.25, -0.2) is 4.68 Å². The molecule has 2 aromatic heterocycles. The third-order valence-corrected chi connectivity index (χ3v) is 7.05. The Morgan fingerprint density at radius 2 is 1.97 bits per heavy atom. The van der Waals surface area contributed by atoms with E-state index in [1.807, 2.05) is 42.8 Å². The summed E-state index contributed by atoms with van der Waals surface area (Å²) in [5.41, 5.74) is 3.89. The molecule has 0 N–H and O–H groups in total. The summed E-state index contributed by atoms with van der Waals surface area (Å²) in [6.45, 7) is 4.97. The number of aryl methyl sites for hydroxylation is 1. The molecular formula is C22H25N5O3S. The van der Waals surface area contributed by atoms with Crippen LogP contribution in [0.3, 0.4) is 0 Å². The molecule has 0 unspecified atom stereocenters. The number of thioether (sulfide) groups is 1. The molecule has 3 aromatic rings. The maximum atomic E-state index is 13.0. The summed E-state index contributed by atoms with van der Waals surface area (Å²) in [7, 11) is 0. The van der Waals surface area contributed by atoms with Crippen LogP contribution in [0.2, 0.25) is 0 Å². The van der Waals surface area contributed by atoms with E-state index >= 15 is 0 Å². The van der Waals surface area contributed by atoms with Crippen molar-refractivity contribution in [2.75, 3.05) is 12.5 Å². The Balaban J connectivity index is 1.29. The Bertz CT molecular complexity index is 1120. The van der Waals surface area contributed by atoms with Gasteiger partial charge in [-0.15, -0.1) is 5.10 Å². The van der Waals surface area contributed by atoms with E-state index in [9.17, 15) is 4.79 Å². The average Bonchev–Trinajstić information content (AvgIpc) is 3.55. The quantitative estimate of drug-likeness (QED) is 0.407. The van der Waals surface area contributed by atoms with Crippen molar-refractivity contribution in [3.8, 4) is 11.5 Å². The number of benzene rings is 1. The van der Waals surface area contributed by atoms with Gasteiger partial charge in [0.15, 0.2) is 17.3 Å². The molecule has 1 aromatic carbocycles. The number of tetrazole rings is 1. The summed E-state index contributed by atoms with van der Waals surface area (Å²) in [4.78, 5) is 13.0. The van der Waals surface area contributed by atoms with Gasteiger partial charge in [0.2, 0.25) is 11.9 Å². The number of fused-ring (bicyclic) bond motifs is 1. The molecule has 5 rings (SSSR count). The Kier molecular flexibility index (Phi) is 5.43. The molecule has 1 fully saturated rings. The number of nitrogens with zero attached hydrogens (tertiary/aromatic N) is 5. The zero-order valence-corrected chi connectivity index (χ0v) is 18.5. The lowest BCUT2D eigenvalue weighted by Gasteiger charge is -2.11. The number of rotatable bonds is 7. The van der Waals surface area contributed by atoms with Crippen molar-refractivity contribution in [1.82, 2.24) is 24.8 Å². The van der Waals surface area contributed by atoms with Crippen LogP contribution >= 0.6 is 11.8 Å². The van der Waals surface area contributed by atoms with E-state index in [-0.39, 0.29) is 12.6 Å². The highest BCUT2D eigenvalue weighted by atomic mass is 32.2. The number of Topliss-reactive ketones (excluding diaryl/α,β-unsaturated/α-hetero) is 1. The van der Waals surface area contributed by atoms with Crippen LogP contribution < -0.4 is 9.47 Å². The molecule has 0 atom stereocenters. The van der Waals surface area contributed by atoms with E-state index in [4.69, 9.17) is 9.47 Å². The van der Waals surface area contributed by atoms with Crippen LogP contribution in [0.5, 0.6) is 11.5 Å². The number of carbonyl (C=O) groups excluding carboxylic acids is 1. The molecule has 162 valence electrons. The summed E-state index contributed by atoms with van der Waals surface area (Å²) >= 11 is 1.42. The Labute approximate surface area is 184 Å². The summed E-state index contributed by atoms with van der Waals surface area (Å²) in [5.74, 6) is 1.96. The summed E-state index contributed by atoms with van der Waals surface area (Å²) in [6, 6.07) is 8.31. The lowest BCUT2D eigenvalue weighted by Crippen LogP contribution is -2.11. The van der Waals surface area contributed by atoms with Gasteiger partial charge in [-0.05, 0) is 60.9 Å². The van der Waals surface area contributed by atoms with Crippen LogP contribution in [0.1, 0.15) is 59.0 Å². The molecule has 1 aliphatic heterocycles. The van der Waals surface area contributed by atoms with Gasteiger partial charge in [-0.3, -0.25) is 4.79 Å². The van der Waals surface area contributed by atoms with Gasteiger partial charge in [0.25, 0.3) is 0 Å². The first-order chi connectivity index (χ1) is 15.1. The van der Waals surface area contributed by atoms with Crippen LogP contribution in [0.4, 0.5) is 0 Å². The monoisotopic (exact) mass is 439 g/mol. The Hall–Kier alpha value is -2.81. The highest BCUT2D eigenvalue weighted by Crippen LogP contribution is 2.34. The van der Waals surface area contributed by atoms with Crippen molar-refractivity contribution in [2.24, 2.45) is 0 Å². The Morgan fingerprint density at radius 3 is 2.81 bits per heavy atom. The molecule has 0 radical (unpaired) electrons. The first-order valence-corrected chi connectivity index (χ1v) is 11.6. The minimum atomic E-state index is 0.0935. The SMILES string of the molecule is Cc1cc(C(=O)CSc2nnnn2C2CCCC2)c(C)n1Cc1ccc2c(c1)OCO2. The molecule has 9 heteroatoms. The predicted molar refractivity (Wildman–Crippen MR) is 116 cm³/mol. The number of hydrogen-bond donors (Lipinski definition) is 0. The molecule has 1 aliphatic carbocycles. The molecule has 0 bridgehead atoms. The fourth-order valence-electron chi connectivity index (χ4n) is 4.41. The fourth-order valence-corrected chi connectivity index (χ4v) is 5.24. The second-order valence-electron chi connectivity index (χ2n) is 8.11. The first-order valence-electron chi connectivity index (χ1n) is 10.6. The van der Waals surface area contributed by atoms with Gasteiger partial charge >= 0.3 is 0 Å². The Morgan fingerprint density at radius 1 is 1.16 bits per heavy atom. The van der Waals surface area contributed by atoms with Gasteiger partial charge in [-0.2, -0.15) is 0 Å². The third-order valence-electron chi connectivity index (χ3n) is 6.12. The molecule has 31 heavy (non-hydrogen) atoms. The largest absolute Gasteiger partial charge is 0.454 e. The summed E-state index contributed by atoms with van der Waals surface area (Å²) < 4.78 is 14.9. The third kappa shape index (κ3) is 3.94. The molecule has 3 heterocycles. The first kappa shape index (κ1) is 20.1. The molecule has 0 amide bonds. The second kappa shape index (κ2) is 8.37. The van der Waals surface area contributed by atoms with E-state index in [2.05, 4.69) is 20.1 Å². The van der Waals surface area contributed by atoms with Gasteiger partial charge in [-0.1, -0.05) is 30.7 Å². The van der Waals surface area contributed by atoms with Gasteiger partial charge in [0.05, 0.1) is 11.8 Å². The second-order valence-corrected chi connectivity index (χ2v) is 9.06. The molecule has 0 spiro atoms.